The summed E-state index contributed by atoms with van der Waals surface area (Å²) in [6.45, 7) is 6.60. The number of nitrogens with one attached hydrogen (secondary N) is 1. The highest BCUT2D eigenvalue weighted by molar-refractivity contribution is 7.85. The van der Waals surface area contributed by atoms with Gasteiger partial charge in [-0.05, 0) is 73.1 Å². The lowest BCUT2D eigenvalue weighted by atomic mass is 9.70. The van der Waals surface area contributed by atoms with Gasteiger partial charge in [0.05, 0.1) is 15.9 Å². The molecule has 0 radical (unpaired) electrons. The van der Waals surface area contributed by atoms with Crippen molar-refractivity contribution in [2.24, 2.45) is 11.3 Å². The molecule has 2 atom stereocenters. The van der Waals surface area contributed by atoms with Crippen LogP contribution in [0.25, 0.3) is 11.0 Å². The van der Waals surface area contributed by atoms with Crippen molar-refractivity contribution in [1.29, 1.82) is 0 Å². The molecule has 2 N–H and O–H groups in total. The van der Waals surface area contributed by atoms with Crippen LogP contribution in [0.15, 0.2) is 47.4 Å². The van der Waals surface area contributed by atoms with Crippen LogP contribution < -0.4 is 10.1 Å². The molecule has 184 valence electrons. The lowest BCUT2D eigenvalue weighted by molar-refractivity contribution is -0.274. The monoisotopic (exact) mass is 497 g/mol. The fraction of sp³-hybridized carbons (Fsp3) is 0.435. The van der Waals surface area contributed by atoms with Crippen LogP contribution in [0.2, 0.25) is 0 Å². The van der Waals surface area contributed by atoms with Gasteiger partial charge in [0.25, 0.3) is 10.1 Å². The standard InChI is InChI=1S/C23H26F3N3O4S/c1-14-10-16(13-22(2,3)12-14)29-20-9-8-18(34(30,31)32)11-19(20)28-21(29)27-15-4-6-17(7-5-15)33-23(24,25)26/h4-9,11,14,16H,10,12-13H2,1-3H3,(H,27,28)(H,30,31,32). The van der Waals surface area contributed by atoms with Gasteiger partial charge in [0, 0.05) is 11.7 Å². The smallest absolute Gasteiger partial charge is 0.406 e. The van der Waals surface area contributed by atoms with Crippen LogP contribution in [-0.4, -0.2) is 28.9 Å². The van der Waals surface area contributed by atoms with Crippen molar-refractivity contribution in [3.63, 3.8) is 0 Å². The second-order valence-corrected chi connectivity index (χ2v) is 11.1. The van der Waals surface area contributed by atoms with E-state index in [1.807, 2.05) is 4.57 Å². The number of anilines is 2. The Morgan fingerprint density at radius 1 is 1.15 bits per heavy atom. The van der Waals surface area contributed by atoms with E-state index in [1.54, 1.807) is 6.07 Å². The lowest BCUT2D eigenvalue weighted by Gasteiger charge is -2.40. The van der Waals surface area contributed by atoms with E-state index < -0.39 is 16.5 Å². The Morgan fingerprint density at radius 2 is 1.82 bits per heavy atom. The van der Waals surface area contributed by atoms with Crippen molar-refractivity contribution < 1.29 is 30.9 Å². The van der Waals surface area contributed by atoms with E-state index in [-0.39, 0.29) is 22.1 Å². The summed E-state index contributed by atoms with van der Waals surface area (Å²) in [6, 6.07) is 9.61. The molecule has 1 aliphatic carbocycles. The Kier molecular flexibility index (Phi) is 6.05. The van der Waals surface area contributed by atoms with Gasteiger partial charge in [-0.15, -0.1) is 13.2 Å². The summed E-state index contributed by atoms with van der Waals surface area (Å²) in [5, 5.41) is 3.15. The molecule has 34 heavy (non-hydrogen) atoms. The highest BCUT2D eigenvalue weighted by atomic mass is 32.2. The number of halogens is 3. The number of nitrogens with zero attached hydrogens (tertiary/aromatic N) is 2. The summed E-state index contributed by atoms with van der Waals surface area (Å²) in [7, 11) is -4.40. The molecule has 1 saturated carbocycles. The summed E-state index contributed by atoms with van der Waals surface area (Å²) < 4.78 is 76.0. The maximum absolute atomic E-state index is 12.5. The Labute approximate surface area is 195 Å². The molecule has 4 rings (SSSR count). The Morgan fingerprint density at radius 3 is 2.41 bits per heavy atom. The zero-order valence-electron chi connectivity index (χ0n) is 18.9. The van der Waals surface area contributed by atoms with Gasteiger partial charge in [0.15, 0.2) is 0 Å². The van der Waals surface area contributed by atoms with E-state index in [4.69, 9.17) is 0 Å². The first-order valence-electron chi connectivity index (χ1n) is 10.8. The fourth-order valence-electron chi connectivity index (χ4n) is 5.06. The SMILES string of the molecule is CC1CC(n2c(Nc3ccc(OC(F)(F)F)cc3)nc3cc(S(=O)(=O)O)ccc32)CC(C)(C)C1. The molecular weight excluding hydrogens is 471 g/mol. The number of imidazole rings is 1. The molecule has 1 heterocycles. The van der Waals surface area contributed by atoms with Gasteiger partial charge in [0.2, 0.25) is 5.95 Å². The Balaban J connectivity index is 1.76. The average Bonchev–Trinajstić information content (AvgIpc) is 3.03. The molecule has 1 aliphatic rings. The number of ether oxygens (including phenoxy) is 1. The number of fused-ring (bicyclic) bond motifs is 1. The van der Waals surface area contributed by atoms with Gasteiger partial charge in [-0.3, -0.25) is 4.55 Å². The van der Waals surface area contributed by atoms with Crippen LogP contribution >= 0.6 is 0 Å². The average molecular weight is 498 g/mol. The highest BCUT2D eigenvalue weighted by Crippen LogP contribution is 2.46. The van der Waals surface area contributed by atoms with Gasteiger partial charge in [-0.25, -0.2) is 4.98 Å². The van der Waals surface area contributed by atoms with Gasteiger partial charge in [0.1, 0.15) is 5.75 Å². The third-order valence-corrected chi connectivity index (χ3v) is 6.88. The maximum atomic E-state index is 12.5. The molecule has 2 unspecified atom stereocenters. The molecule has 0 amide bonds. The largest absolute Gasteiger partial charge is 0.573 e. The molecule has 0 spiro atoms. The summed E-state index contributed by atoms with van der Waals surface area (Å²) in [5.41, 5.74) is 1.65. The van der Waals surface area contributed by atoms with E-state index >= 15 is 0 Å². The minimum Gasteiger partial charge on any atom is -0.406 e. The minimum absolute atomic E-state index is 0.0654. The first-order valence-corrected chi connectivity index (χ1v) is 12.3. The predicted molar refractivity (Wildman–Crippen MR) is 122 cm³/mol. The molecule has 1 aromatic heterocycles. The van der Waals surface area contributed by atoms with Crippen LogP contribution in [0.4, 0.5) is 24.8 Å². The van der Waals surface area contributed by atoms with Gasteiger partial charge < -0.3 is 14.6 Å². The third kappa shape index (κ3) is 5.47. The second kappa shape index (κ2) is 8.46. The second-order valence-electron chi connectivity index (χ2n) is 9.70. The number of hydrogen-bond donors (Lipinski definition) is 2. The molecule has 2 aromatic carbocycles. The minimum atomic E-state index is -4.78. The molecule has 3 aromatic rings. The van der Waals surface area contributed by atoms with E-state index in [1.165, 1.54) is 36.4 Å². The van der Waals surface area contributed by atoms with Gasteiger partial charge in [-0.2, -0.15) is 8.42 Å². The fourth-order valence-corrected chi connectivity index (χ4v) is 5.56. The third-order valence-electron chi connectivity index (χ3n) is 6.03. The number of hydrogen-bond acceptors (Lipinski definition) is 5. The van der Waals surface area contributed by atoms with Crippen molar-refractivity contribution in [3.8, 4) is 5.75 Å². The first-order chi connectivity index (χ1) is 15.7. The van der Waals surface area contributed by atoms with Crippen LogP contribution in [0, 0.1) is 11.3 Å². The Hall–Kier alpha value is -2.79. The summed E-state index contributed by atoms with van der Waals surface area (Å²) >= 11 is 0. The van der Waals surface area contributed by atoms with Gasteiger partial charge >= 0.3 is 6.36 Å². The van der Waals surface area contributed by atoms with E-state index in [0.717, 1.165) is 19.3 Å². The van der Waals surface area contributed by atoms with Crippen LogP contribution in [0.3, 0.4) is 0 Å². The van der Waals surface area contributed by atoms with Crippen molar-refractivity contribution in [2.45, 2.75) is 57.3 Å². The van der Waals surface area contributed by atoms with E-state index in [0.29, 0.717) is 28.6 Å². The molecule has 0 saturated heterocycles. The zero-order chi connectivity index (χ0) is 24.9. The molecular formula is C23H26F3N3O4S. The summed E-state index contributed by atoms with van der Waals surface area (Å²) in [5.74, 6) is 0.545. The van der Waals surface area contributed by atoms with Crippen molar-refractivity contribution >= 4 is 32.8 Å². The number of alkyl halides is 3. The van der Waals surface area contributed by atoms with E-state index in [2.05, 4.69) is 35.8 Å². The first kappa shape index (κ1) is 24.3. The number of rotatable bonds is 5. The molecule has 11 heteroatoms. The maximum Gasteiger partial charge on any atom is 0.573 e. The zero-order valence-corrected chi connectivity index (χ0v) is 19.7. The normalized spacial score (nSPS) is 20.9. The van der Waals surface area contributed by atoms with Crippen LogP contribution in [-0.2, 0) is 10.1 Å². The lowest BCUT2D eigenvalue weighted by Crippen LogP contribution is -2.29. The van der Waals surface area contributed by atoms with Gasteiger partial charge in [-0.1, -0.05) is 20.8 Å². The number of aromatic nitrogens is 2. The Bertz CT molecular complexity index is 1300. The molecule has 7 nitrogen and oxygen atoms in total. The molecule has 0 bridgehead atoms. The van der Waals surface area contributed by atoms with Crippen molar-refractivity contribution in [1.82, 2.24) is 9.55 Å². The van der Waals surface area contributed by atoms with Crippen molar-refractivity contribution in [3.05, 3.63) is 42.5 Å². The molecule has 0 aliphatic heterocycles. The highest BCUT2D eigenvalue weighted by Gasteiger charge is 2.35. The predicted octanol–water partition coefficient (Wildman–Crippen LogP) is 6.31. The van der Waals surface area contributed by atoms with E-state index in [9.17, 15) is 26.1 Å². The summed E-state index contributed by atoms with van der Waals surface area (Å²) in [6.07, 6.45) is -1.94. The number of benzene rings is 2. The summed E-state index contributed by atoms with van der Waals surface area (Å²) in [4.78, 5) is 4.32. The quantitative estimate of drug-likeness (QED) is 0.401. The molecule has 1 fully saturated rings. The topological polar surface area (TPSA) is 93.5 Å². The van der Waals surface area contributed by atoms with Crippen molar-refractivity contribution in [2.75, 3.05) is 5.32 Å². The van der Waals surface area contributed by atoms with Crippen LogP contribution in [0.1, 0.15) is 46.1 Å². The van der Waals surface area contributed by atoms with Crippen LogP contribution in [0.5, 0.6) is 5.75 Å².